The number of esters is 2. The lowest BCUT2D eigenvalue weighted by molar-refractivity contribution is -0.160. The van der Waals surface area contributed by atoms with Gasteiger partial charge in [0, 0.05) is 5.02 Å². The van der Waals surface area contributed by atoms with Gasteiger partial charge in [-0.25, -0.2) is 9.59 Å². The third-order valence-corrected chi connectivity index (χ3v) is 3.15. The summed E-state index contributed by atoms with van der Waals surface area (Å²) in [6.07, 6.45) is 0. The molecular formula is C11H9Cl2NO3. The molecule has 1 heterocycles. The Balaban J connectivity index is 2.36. The third kappa shape index (κ3) is 2.53. The summed E-state index contributed by atoms with van der Waals surface area (Å²) in [6.45, 7) is 1.81. The van der Waals surface area contributed by atoms with E-state index in [1.165, 1.54) is 0 Å². The van der Waals surface area contributed by atoms with Crippen LogP contribution in [0.1, 0.15) is 5.56 Å². The Hall–Kier alpha value is -1.26. The Morgan fingerprint density at radius 2 is 1.71 bits per heavy atom. The van der Waals surface area contributed by atoms with E-state index in [9.17, 15) is 9.59 Å². The summed E-state index contributed by atoms with van der Waals surface area (Å²) >= 11 is 12.1. The molecule has 90 valence electrons. The van der Waals surface area contributed by atoms with Crippen molar-refractivity contribution >= 4 is 40.8 Å². The molecule has 1 aliphatic rings. The van der Waals surface area contributed by atoms with Crippen LogP contribution >= 0.6 is 23.2 Å². The monoisotopic (exact) mass is 273 g/mol. The molecule has 0 saturated carbocycles. The Labute approximate surface area is 108 Å². The van der Waals surface area contributed by atoms with Gasteiger partial charge in [-0.2, -0.15) is 0 Å². The fraction of sp³-hybridized carbons (Fsp3) is 0.273. The molecule has 1 aromatic rings. The predicted octanol–water partition coefficient (Wildman–Crippen LogP) is 2.19. The number of ether oxygens (including phenoxy) is 1. The summed E-state index contributed by atoms with van der Waals surface area (Å²) in [7, 11) is 0. The molecular weight excluding hydrogens is 265 g/mol. The standard InChI is InChI=1S/C11H9Cl2NO3/c1-6-2-8(13)9(3-7(6)12)14-4-10(15)17-11(16)5-14/h2-3H,4-5H2,1H3. The number of cyclic esters (lactones) is 2. The van der Waals surface area contributed by atoms with Crippen molar-refractivity contribution in [3.8, 4) is 0 Å². The van der Waals surface area contributed by atoms with Gasteiger partial charge in [-0.1, -0.05) is 23.2 Å². The molecule has 4 nitrogen and oxygen atoms in total. The number of nitrogens with zero attached hydrogens (tertiary/aromatic N) is 1. The zero-order valence-corrected chi connectivity index (χ0v) is 10.5. The van der Waals surface area contributed by atoms with E-state index in [4.69, 9.17) is 23.2 Å². The van der Waals surface area contributed by atoms with E-state index in [0.717, 1.165) is 5.56 Å². The van der Waals surface area contributed by atoms with Gasteiger partial charge in [-0.05, 0) is 24.6 Å². The number of hydrogen-bond acceptors (Lipinski definition) is 4. The van der Waals surface area contributed by atoms with Gasteiger partial charge < -0.3 is 9.64 Å². The highest BCUT2D eigenvalue weighted by Gasteiger charge is 2.26. The van der Waals surface area contributed by atoms with Crippen LogP contribution < -0.4 is 4.90 Å². The zero-order chi connectivity index (χ0) is 12.6. The van der Waals surface area contributed by atoms with Crippen molar-refractivity contribution in [3.63, 3.8) is 0 Å². The fourth-order valence-electron chi connectivity index (χ4n) is 1.61. The van der Waals surface area contributed by atoms with Gasteiger partial charge in [0.1, 0.15) is 13.1 Å². The summed E-state index contributed by atoms with van der Waals surface area (Å²) in [5, 5.41) is 0.991. The van der Waals surface area contributed by atoms with E-state index >= 15 is 0 Å². The highest BCUT2D eigenvalue weighted by molar-refractivity contribution is 6.36. The van der Waals surface area contributed by atoms with Crippen molar-refractivity contribution < 1.29 is 14.3 Å². The second kappa shape index (κ2) is 4.55. The van der Waals surface area contributed by atoms with E-state index in [0.29, 0.717) is 15.7 Å². The fourth-order valence-corrected chi connectivity index (χ4v) is 2.10. The lowest BCUT2D eigenvalue weighted by Crippen LogP contribution is -2.43. The second-order valence-electron chi connectivity index (χ2n) is 3.75. The lowest BCUT2D eigenvalue weighted by Gasteiger charge is -2.27. The summed E-state index contributed by atoms with van der Waals surface area (Å²) in [5.74, 6) is -1.18. The molecule has 0 unspecified atom stereocenters. The molecule has 0 aromatic heterocycles. The van der Waals surface area contributed by atoms with Gasteiger partial charge in [0.15, 0.2) is 0 Å². The van der Waals surface area contributed by atoms with E-state index in [1.54, 1.807) is 17.0 Å². The minimum Gasteiger partial charge on any atom is -0.390 e. The molecule has 1 aromatic carbocycles. The van der Waals surface area contributed by atoms with Crippen LogP contribution in [0.2, 0.25) is 10.0 Å². The maximum atomic E-state index is 11.2. The quantitative estimate of drug-likeness (QED) is 0.581. The molecule has 1 fully saturated rings. The lowest BCUT2D eigenvalue weighted by atomic mass is 10.2. The topological polar surface area (TPSA) is 46.6 Å². The average Bonchev–Trinajstić information content (AvgIpc) is 2.22. The minimum atomic E-state index is -0.589. The molecule has 0 spiro atoms. The molecule has 17 heavy (non-hydrogen) atoms. The molecule has 1 saturated heterocycles. The van der Waals surface area contributed by atoms with Gasteiger partial charge in [-0.3, -0.25) is 0 Å². The van der Waals surface area contributed by atoms with Gasteiger partial charge in [0.25, 0.3) is 0 Å². The van der Waals surface area contributed by atoms with E-state index in [2.05, 4.69) is 4.74 Å². The number of anilines is 1. The maximum absolute atomic E-state index is 11.2. The first-order valence-corrected chi connectivity index (χ1v) is 5.67. The number of rotatable bonds is 1. The Bertz CT molecular complexity index is 486. The first kappa shape index (κ1) is 12.2. The molecule has 0 N–H and O–H groups in total. The molecule has 0 radical (unpaired) electrons. The van der Waals surface area contributed by atoms with E-state index in [1.807, 2.05) is 6.92 Å². The smallest absolute Gasteiger partial charge is 0.333 e. The third-order valence-electron chi connectivity index (χ3n) is 2.44. The summed E-state index contributed by atoms with van der Waals surface area (Å²) < 4.78 is 4.44. The van der Waals surface area contributed by atoms with Crippen LogP contribution in [0, 0.1) is 6.92 Å². The minimum absolute atomic E-state index is 0.00908. The molecule has 0 aliphatic carbocycles. The van der Waals surface area contributed by atoms with Crippen molar-refractivity contribution in [1.29, 1.82) is 0 Å². The number of morpholine rings is 1. The van der Waals surface area contributed by atoms with Crippen molar-refractivity contribution in [2.45, 2.75) is 6.92 Å². The normalized spacial score (nSPS) is 16.1. The first-order valence-electron chi connectivity index (χ1n) is 4.91. The summed E-state index contributed by atoms with van der Waals surface area (Å²) in [6, 6.07) is 3.34. The Kier molecular flexibility index (Phi) is 3.26. The number of halogens is 2. The van der Waals surface area contributed by atoms with Crippen LogP contribution in [0.5, 0.6) is 0 Å². The van der Waals surface area contributed by atoms with Gasteiger partial charge >= 0.3 is 11.9 Å². The van der Waals surface area contributed by atoms with Gasteiger partial charge in [0.2, 0.25) is 0 Å². The molecule has 0 amide bonds. The van der Waals surface area contributed by atoms with Gasteiger partial charge in [0.05, 0.1) is 10.7 Å². The Morgan fingerprint density at radius 1 is 1.12 bits per heavy atom. The number of benzene rings is 1. The van der Waals surface area contributed by atoms with E-state index in [-0.39, 0.29) is 13.1 Å². The number of carbonyl (C=O) groups excluding carboxylic acids is 2. The van der Waals surface area contributed by atoms with Crippen LogP contribution in [0.15, 0.2) is 12.1 Å². The van der Waals surface area contributed by atoms with E-state index < -0.39 is 11.9 Å². The summed E-state index contributed by atoms with van der Waals surface area (Å²) in [4.78, 5) is 23.9. The second-order valence-corrected chi connectivity index (χ2v) is 4.57. The number of aryl methyl sites for hydroxylation is 1. The highest BCUT2D eigenvalue weighted by Crippen LogP contribution is 2.32. The molecule has 1 aliphatic heterocycles. The molecule has 2 rings (SSSR count). The van der Waals surface area contributed by atoms with Crippen LogP contribution in [-0.2, 0) is 14.3 Å². The van der Waals surface area contributed by atoms with Crippen molar-refractivity contribution in [1.82, 2.24) is 0 Å². The zero-order valence-electron chi connectivity index (χ0n) is 9.00. The van der Waals surface area contributed by atoms with Crippen molar-refractivity contribution in [2.75, 3.05) is 18.0 Å². The molecule has 6 heteroatoms. The summed E-state index contributed by atoms with van der Waals surface area (Å²) in [5.41, 5.74) is 1.40. The van der Waals surface area contributed by atoms with Crippen LogP contribution in [0.4, 0.5) is 5.69 Å². The average molecular weight is 274 g/mol. The first-order chi connectivity index (χ1) is 7.97. The molecule has 0 atom stereocenters. The molecule has 0 bridgehead atoms. The SMILES string of the molecule is Cc1cc(Cl)c(N2CC(=O)OC(=O)C2)cc1Cl. The van der Waals surface area contributed by atoms with Crippen LogP contribution in [-0.4, -0.2) is 25.0 Å². The predicted molar refractivity (Wildman–Crippen MR) is 64.5 cm³/mol. The number of carbonyl (C=O) groups is 2. The Morgan fingerprint density at radius 3 is 2.29 bits per heavy atom. The maximum Gasteiger partial charge on any atom is 0.333 e. The largest absolute Gasteiger partial charge is 0.390 e. The van der Waals surface area contributed by atoms with Crippen LogP contribution in [0.3, 0.4) is 0 Å². The van der Waals surface area contributed by atoms with Crippen LogP contribution in [0.25, 0.3) is 0 Å². The van der Waals surface area contributed by atoms with Crippen molar-refractivity contribution in [2.24, 2.45) is 0 Å². The van der Waals surface area contributed by atoms with Crippen molar-refractivity contribution in [3.05, 3.63) is 27.7 Å². The number of hydrogen-bond donors (Lipinski definition) is 0. The highest BCUT2D eigenvalue weighted by atomic mass is 35.5. The van der Waals surface area contributed by atoms with Gasteiger partial charge in [-0.15, -0.1) is 0 Å².